The van der Waals surface area contributed by atoms with Gasteiger partial charge in [0.15, 0.2) is 0 Å². The van der Waals surface area contributed by atoms with Crippen molar-refractivity contribution in [3.05, 3.63) is 40.2 Å². The molecule has 0 fully saturated rings. The maximum absolute atomic E-state index is 12.6. The van der Waals surface area contributed by atoms with Crippen molar-refractivity contribution in [2.45, 2.75) is 20.8 Å². The highest BCUT2D eigenvalue weighted by atomic mass is 16.5. The lowest BCUT2D eigenvalue weighted by atomic mass is 10.1. The van der Waals surface area contributed by atoms with Crippen molar-refractivity contribution < 1.29 is 14.4 Å². The van der Waals surface area contributed by atoms with Gasteiger partial charge in [-0.1, -0.05) is 0 Å². The highest BCUT2D eigenvalue weighted by Gasteiger charge is 2.14. The quantitative estimate of drug-likeness (QED) is 0.662. The number of hydrogen-bond acceptors (Lipinski definition) is 3. The van der Waals surface area contributed by atoms with Crippen molar-refractivity contribution in [1.82, 2.24) is 10.3 Å². The molecular weight excluding hydrogens is 306 g/mol. The van der Waals surface area contributed by atoms with Crippen LogP contribution in [0, 0.1) is 0 Å². The van der Waals surface area contributed by atoms with Crippen LogP contribution in [-0.4, -0.2) is 43.7 Å². The zero-order chi connectivity index (χ0) is 17.5. The molecule has 0 atom stereocenters. The largest absolute Gasteiger partial charge is 0.494 e. The Balaban J connectivity index is 2.17. The number of fused-ring (bicyclic) bond motifs is 1. The first kappa shape index (κ1) is 18.0. The van der Waals surface area contributed by atoms with Crippen molar-refractivity contribution in [2.75, 3.05) is 32.8 Å². The molecular formula is C18H26N3O3+. The lowest BCUT2D eigenvalue weighted by molar-refractivity contribution is -0.895. The summed E-state index contributed by atoms with van der Waals surface area (Å²) in [6, 6.07) is 5.26. The van der Waals surface area contributed by atoms with E-state index in [0.29, 0.717) is 29.8 Å². The average molecular weight is 332 g/mol. The van der Waals surface area contributed by atoms with E-state index in [-0.39, 0.29) is 16.9 Å². The zero-order valence-corrected chi connectivity index (χ0v) is 14.6. The molecule has 3 N–H and O–H groups in total. The molecule has 0 saturated carbocycles. The van der Waals surface area contributed by atoms with Gasteiger partial charge in [0, 0.05) is 17.1 Å². The summed E-state index contributed by atoms with van der Waals surface area (Å²) in [6.45, 7) is 10.1. The Morgan fingerprint density at radius 1 is 1.25 bits per heavy atom. The first-order chi connectivity index (χ1) is 11.6. The number of ether oxygens (including phenoxy) is 1. The van der Waals surface area contributed by atoms with E-state index in [1.165, 1.54) is 11.1 Å². The standard InChI is InChI=1S/C18H25N3O3/c1-4-21(5-2)10-9-19-18(23)15-12-20-16-8-7-13(24-6-3)11-14(16)17(15)22/h7-8,11-12H,4-6,9-10H2,1-3H3,(H,19,23)(H,20,22)/p+1. The van der Waals surface area contributed by atoms with Crippen molar-refractivity contribution >= 4 is 16.8 Å². The lowest BCUT2D eigenvalue weighted by Crippen LogP contribution is -3.12. The van der Waals surface area contributed by atoms with Crippen LogP contribution in [0.4, 0.5) is 0 Å². The minimum atomic E-state index is -0.341. The summed E-state index contributed by atoms with van der Waals surface area (Å²) in [6.07, 6.45) is 1.48. The van der Waals surface area contributed by atoms with Crippen LogP contribution >= 0.6 is 0 Å². The summed E-state index contributed by atoms with van der Waals surface area (Å²) in [5.74, 6) is 0.282. The number of pyridine rings is 1. The van der Waals surface area contributed by atoms with Crippen LogP contribution in [0.25, 0.3) is 10.9 Å². The summed E-state index contributed by atoms with van der Waals surface area (Å²) < 4.78 is 5.43. The maximum atomic E-state index is 12.6. The van der Waals surface area contributed by atoms with E-state index >= 15 is 0 Å². The van der Waals surface area contributed by atoms with Crippen LogP contribution < -0.4 is 20.4 Å². The van der Waals surface area contributed by atoms with Gasteiger partial charge in [-0.15, -0.1) is 0 Å². The van der Waals surface area contributed by atoms with Gasteiger partial charge in [0.25, 0.3) is 5.91 Å². The molecule has 0 aliphatic heterocycles. The predicted octanol–water partition coefficient (Wildman–Crippen LogP) is 0.581. The SMILES string of the molecule is CCOc1ccc2[nH]cc(C(=O)NCC[NH+](CC)CC)c(=O)c2c1. The predicted molar refractivity (Wildman–Crippen MR) is 95.0 cm³/mol. The summed E-state index contributed by atoms with van der Waals surface area (Å²) in [4.78, 5) is 29.3. The lowest BCUT2D eigenvalue weighted by Gasteiger charge is -2.15. The van der Waals surface area contributed by atoms with Gasteiger partial charge in [-0.05, 0) is 39.0 Å². The van der Waals surface area contributed by atoms with E-state index in [1.54, 1.807) is 18.2 Å². The first-order valence-corrected chi connectivity index (χ1v) is 8.50. The summed E-state index contributed by atoms with van der Waals surface area (Å²) >= 11 is 0. The van der Waals surface area contributed by atoms with E-state index < -0.39 is 0 Å². The fourth-order valence-corrected chi connectivity index (χ4v) is 2.67. The number of aromatic amines is 1. The highest BCUT2D eigenvalue weighted by Crippen LogP contribution is 2.17. The molecule has 2 aromatic rings. The molecule has 130 valence electrons. The third-order valence-corrected chi connectivity index (χ3v) is 4.17. The fraction of sp³-hybridized carbons (Fsp3) is 0.444. The normalized spacial score (nSPS) is 11.0. The molecule has 2 rings (SSSR count). The molecule has 0 aliphatic rings. The Labute approximate surface area is 141 Å². The summed E-state index contributed by atoms with van der Waals surface area (Å²) in [7, 11) is 0. The third kappa shape index (κ3) is 4.14. The molecule has 0 radical (unpaired) electrons. The number of benzene rings is 1. The second-order valence-corrected chi connectivity index (χ2v) is 5.63. The molecule has 6 heteroatoms. The van der Waals surface area contributed by atoms with Gasteiger partial charge < -0.3 is 19.9 Å². The number of rotatable bonds is 8. The van der Waals surface area contributed by atoms with E-state index in [0.717, 1.165) is 19.6 Å². The van der Waals surface area contributed by atoms with Gasteiger partial charge in [0.2, 0.25) is 5.43 Å². The fourth-order valence-electron chi connectivity index (χ4n) is 2.67. The minimum Gasteiger partial charge on any atom is -0.494 e. The second kappa shape index (κ2) is 8.49. The molecule has 0 unspecified atom stereocenters. The zero-order valence-electron chi connectivity index (χ0n) is 14.6. The van der Waals surface area contributed by atoms with Crippen LogP contribution in [0.1, 0.15) is 31.1 Å². The van der Waals surface area contributed by atoms with Gasteiger partial charge in [-0.3, -0.25) is 9.59 Å². The Bertz CT molecular complexity index is 751. The average Bonchev–Trinajstić information content (AvgIpc) is 2.59. The van der Waals surface area contributed by atoms with Crippen LogP contribution in [-0.2, 0) is 0 Å². The van der Waals surface area contributed by atoms with Crippen molar-refractivity contribution in [3.63, 3.8) is 0 Å². The van der Waals surface area contributed by atoms with Gasteiger partial charge >= 0.3 is 0 Å². The van der Waals surface area contributed by atoms with Crippen molar-refractivity contribution in [2.24, 2.45) is 0 Å². The minimum absolute atomic E-state index is 0.130. The summed E-state index contributed by atoms with van der Waals surface area (Å²) in [5, 5.41) is 3.29. The number of quaternary nitrogens is 1. The molecule has 0 bridgehead atoms. The topological polar surface area (TPSA) is 75.6 Å². The first-order valence-electron chi connectivity index (χ1n) is 8.50. The van der Waals surface area contributed by atoms with Crippen LogP contribution in [0.2, 0.25) is 0 Å². The molecule has 1 aromatic heterocycles. The molecule has 0 aliphatic carbocycles. The molecule has 1 aromatic carbocycles. The highest BCUT2D eigenvalue weighted by molar-refractivity contribution is 5.97. The van der Waals surface area contributed by atoms with Gasteiger partial charge in [0.05, 0.1) is 32.8 Å². The van der Waals surface area contributed by atoms with Crippen molar-refractivity contribution in [1.29, 1.82) is 0 Å². The molecule has 0 spiro atoms. The maximum Gasteiger partial charge on any atom is 0.256 e. The van der Waals surface area contributed by atoms with Gasteiger partial charge in [0.1, 0.15) is 11.3 Å². The molecule has 1 amide bonds. The number of aromatic nitrogens is 1. The van der Waals surface area contributed by atoms with E-state index in [2.05, 4.69) is 24.1 Å². The van der Waals surface area contributed by atoms with E-state index in [9.17, 15) is 9.59 Å². The Hall–Kier alpha value is -2.34. The Kier molecular flexibility index (Phi) is 6.37. The number of nitrogens with one attached hydrogen (secondary N) is 3. The number of carbonyl (C=O) groups excluding carboxylic acids is 1. The van der Waals surface area contributed by atoms with Gasteiger partial charge in [-0.2, -0.15) is 0 Å². The molecule has 0 saturated heterocycles. The molecule has 24 heavy (non-hydrogen) atoms. The van der Waals surface area contributed by atoms with Crippen LogP contribution in [0.15, 0.2) is 29.2 Å². The van der Waals surface area contributed by atoms with Crippen LogP contribution in [0.3, 0.4) is 0 Å². The van der Waals surface area contributed by atoms with Crippen molar-refractivity contribution in [3.8, 4) is 5.75 Å². The number of H-pyrrole nitrogens is 1. The van der Waals surface area contributed by atoms with E-state index in [1.807, 2.05) is 6.92 Å². The monoisotopic (exact) mass is 332 g/mol. The number of hydrogen-bond donors (Lipinski definition) is 3. The van der Waals surface area contributed by atoms with Crippen LogP contribution in [0.5, 0.6) is 5.75 Å². The Morgan fingerprint density at radius 2 is 2.00 bits per heavy atom. The van der Waals surface area contributed by atoms with Gasteiger partial charge in [-0.25, -0.2) is 0 Å². The second-order valence-electron chi connectivity index (χ2n) is 5.63. The third-order valence-electron chi connectivity index (χ3n) is 4.17. The number of likely N-dealkylation sites (N-methyl/N-ethyl adjacent to an activating group) is 1. The summed E-state index contributed by atoms with van der Waals surface area (Å²) in [5.41, 5.74) is 0.538. The molecule has 1 heterocycles. The number of amides is 1. The Morgan fingerprint density at radius 3 is 2.67 bits per heavy atom. The smallest absolute Gasteiger partial charge is 0.256 e. The number of carbonyl (C=O) groups is 1. The van der Waals surface area contributed by atoms with E-state index in [4.69, 9.17) is 4.74 Å². The molecule has 6 nitrogen and oxygen atoms in total.